The third kappa shape index (κ3) is 7.13. The minimum absolute atomic E-state index is 0. The molecule has 0 aliphatic heterocycles. The van der Waals surface area contributed by atoms with Gasteiger partial charge in [-0.05, 0) is 33.4 Å². The Hall–Kier alpha value is -1.04. The highest BCUT2D eigenvalue weighted by molar-refractivity contribution is 14.0. The molecule has 27 heavy (non-hydrogen) atoms. The second-order valence-electron chi connectivity index (χ2n) is 7.13. The maximum absolute atomic E-state index is 13.0. The minimum Gasteiger partial charge on any atom is -0.354 e. The molecule has 1 heterocycles. The van der Waals surface area contributed by atoms with E-state index in [1.54, 1.807) is 11.7 Å². The van der Waals surface area contributed by atoms with Gasteiger partial charge < -0.3 is 15.5 Å². The number of aromatic nitrogens is 2. The predicted molar refractivity (Wildman–Crippen MR) is 111 cm³/mol. The molecule has 1 saturated carbocycles. The predicted octanol–water partition coefficient (Wildman–Crippen LogP) is 2.93. The lowest BCUT2D eigenvalue weighted by Gasteiger charge is -2.32. The van der Waals surface area contributed by atoms with E-state index < -0.39 is 12.1 Å². The molecule has 1 aliphatic rings. The van der Waals surface area contributed by atoms with Crippen molar-refractivity contribution in [3.05, 3.63) is 18.0 Å². The first-order chi connectivity index (χ1) is 12.2. The van der Waals surface area contributed by atoms with Crippen LogP contribution >= 0.6 is 24.0 Å². The zero-order chi connectivity index (χ0) is 19.3. The fourth-order valence-corrected chi connectivity index (χ4v) is 3.41. The van der Waals surface area contributed by atoms with Gasteiger partial charge in [0.05, 0.1) is 18.2 Å². The van der Waals surface area contributed by atoms with Gasteiger partial charge in [-0.3, -0.25) is 9.67 Å². The summed E-state index contributed by atoms with van der Waals surface area (Å²) in [4.78, 5) is 6.24. The number of nitrogens with zero attached hydrogens (tertiary/aromatic N) is 4. The van der Waals surface area contributed by atoms with Gasteiger partial charge in [-0.15, -0.1) is 24.0 Å². The molecule has 10 heteroatoms. The molecular weight excluding hydrogens is 472 g/mol. The summed E-state index contributed by atoms with van der Waals surface area (Å²) in [5.41, 5.74) is 1.07. The molecule has 1 aliphatic carbocycles. The molecule has 0 radical (unpaired) electrons. The van der Waals surface area contributed by atoms with E-state index in [1.165, 1.54) is 0 Å². The van der Waals surface area contributed by atoms with Crippen LogP contribution in [-0.2, 0) is 7.05 Å². The van der Waals surface area contributed by atoms with Gasteiger partial charge in [-0.1, -0.05) is 6.42 Å². The number of aliphatic imine (C=N–C) groups is 1. The van der Waals surface area contributed by atoms with Crippen molar-refractivity contribution in [2.45, 2.75) is 43.9 Å². The zero-order valence-corrected chi connectivity index (χ0v) is 18.6. The van der Waals surface area contributed by atoms with Crippen molar-refractivity contribution < 1.29 is 13.2 Å². The highest BCUT2D eigenvalue weighted by atomic mass is 127. The van der Waals surface area contributed by atoms with Crippen LogP contribution in [0.3, 0.4) is 0 Å². The summed E-state index contributed by atoms with van der Waals surface area (Å²) < 4.78 is 40.7. The summed E-state index contributed by atoms with van der Waals surface area (Å²) in [6.45, 7) is 0.577. The van der Waals surface area contributed by atoms with Crippen LogP contribution < -0.4 is 10.6 Å². The van der Waals surface area contributed by atoms with Gasteiger partial charge in [-0.2, -0.15) is 18.3 Å². The second kappa shape index (κ2) is 10.5. The van der Waals surface area contributed by atoms with Crippen molar-refractivity contribution >= 4 is 29.9 Å². The van der Waals surface area contributed by atoms with E-state index in [-0.39, 0.29) is 48.9 Å². The summed E-state index contributed by atoms with van der Waals surface area (Å²) in [5.74, 6) is -0.690. The van der Waals surface area contributed by atoms with Crippen LogP contribution in [0.15, 0.2) is 17.4 Å². The smallest absolute Gasteiger partial charge is 0.354 e. The fourth-order valence-electron chi connectivity index (χ4n) is 3.41. The van der Waals surface area contributed by atoms with E-state index in [9.17, 15) is 13.2 Å². The fraction of sp³-hybridized carbons (Fsp3) is 0.765. The molecule has 0 spiro atoms. The number of hydrogen-bond acceptors (Lipinski definition) is 3. The Bertz CT molecular complexity index is 602. The highest BCUT2D eigenvalue weighted by Crippen LogP contribution is 2.37. The van der Waals surface area contributed by atoms with Crippen LogP contribution in [0.4, 0.5) is 13.2 Å². The first-order valence-corrected chi connectivity index (χ1v) is 8.89. The lowest BCUT2D eigenvalue weighted by atomic mass is 9.85. The van der Waals surface area contributed by atoms with Gasteiger partial charge in [0.25, 0.3) is 0 Å². The van der Waals surface area contributed by atoms with E-state index in [1.807, 2.05) is 33.5 Å². The molecule has 1 fully saturated rings. The van der Waals surface area contributed by atoms with Crippen molar-refractivity contribution in [2.24, 2.45) is 18.0 Å². The summed E-state index contributed by atoms with van der Waals surface area (Å²) in [6.07, 6.45) is 1.28. The van der Waals surface area contributed by atoms with Crippen molar-refractivity contribution in [1.82, 2.24) is 25.3 Å². The van der Waals surface area contributed by atoms with Gasteiger partial charge in [0, 0.05) is 38.4 Å². The van der Waals surface area contributed by atoms with E-state index in [2.05, 4.69) is 25.6 Å². The van der Waals surface area contributed by atoms with Crippen LogP contribution in [0.2, 0.25) is 0 Å². The lowest BCUT2D eigenvalue weighted by molar-refractivity contribution is -0.183. The van der Waals surface area contributed by atoms with Gasteiger partial charge in [-0.25, -0.2) is 0 Å². The van der Waals surface area contributed by atoms with Crippen LogP contribution in [0.25, 0.3) is 0 Å². The molecule has 0 aromatic carbocycles. The maximum atomic E-state index is 13.0. The SMILES string of the molecule is CN=C(NCC(c1cnn(C)c1)N(C)C)NC1CCCC(C(F)(F)F)C1.I. The standard InChI is InChI=1S/C17H29F3N6.HI/c1-21-16(24-14-7-5-6-13(8-14)17(18,19)20)22-10-15(25(2)3)12-9-23-26(4)11-12;/h9,11,13-15H,5-8,10H2,1-4H3,(H2,21,22,24);1H. The Balaban J connectivity index is 0.00000364. The first-order valence-electron chi connectivity index (χ1n) is 8.89. The van der Waals surface area contributed by atoms with Gasteiger partial charge in [0.15, 0.2) is 5.96 Å². The van der Waals surface area contributed by atoms with Crippen molar-refractivity contribution in [3.8, 4) is 0 Å². The summed E-state index contributed by atoms with van der Waals surface area (Å²) >= 11 is 0. The van der Waals surface area contributed by atoms with E-state index in [0.717, 1.165) is 12.0 Å². The molecule has 2 N–H and O–H groups in total. The quantitative estimate of drug-likeness (QED) is 0.370. The lowest BCUT2D eigenvalue weighted by Crippen LogP contribution is -2.48. The monoisotopic (exact) mass is 502 g/mol. The number of nitrogens with one attached hydrogen (secondary N) is 2. The molecule has 3 atom stereocenters. The second-order valence-corrected chi connectivity index (χ2v) is 7.13. The molecule has 3 unspecified atom stereocenters. The molecule has 156 valence electrons. The Morgan fingerprint density at radius 3 is 2.63 bits per heavy atom. The van der Waals surface area contributed by atoms with Crippen LogP contribution in [0.1, 0.15) is 37.3 Å². The van der Waals surface area contributed by atoms with Gasteiger partial charge in [0.1, 0.15) is 0 Å². The normalized spacial score (nSPS) is 22.3. The highest BCUT2D eigenvalue weighted by Gasteiger charge is 2.42. The Morgan fingerprint density at radius 2 is 2.11 bits per heavy atom. The number of halogens is 4. The number of guanidine groups is 1. The number of likely N-dealkylation sites (N-methyl/N-ethyl adjacent to an activating group) is 1. The third-order valence-corrected chi connectivity index (χ3v) is 4.90. The van der Waals surface area contributed by atoms with Gasteiger partial charge in [0.2, 0.25) is 0 Å². The average Bonchev–Trinajstić information content (AvgIpc) is 2.99. The van der Waals surface area contributed by atoms with Crippen molar-refractivity contribution in [1.29, 1.82) is 0 Å². The summed E-state index contributed by atoms with van der Waals surface area (Å²) in [5, 5.41) is 10.6. The molecule has 0 bridgehead atoms. The first kappa shape index (κ1) is 24.0. The van der Waals surface area contributed by atoms with E-state index in [4.69, 9.17) is 0 Å². The maximum Gasteiger partial charge on any atom is 0.391 e. The molecule has 1 aromatic heterocycles. The zero-order valence-electron chi connectivity index (χ0n) is 16.3. The summed E-state index contributed by atoms with van der Waals surface area (Å²) in [6, 6.07) is -0.130. The van der Waals surface area contributed by atoms with E-state index in [0.29, 0.717) is 18.9 Å². The molecule has 2 rings (SSSR count). The number of aryl methyl sites for hydroxylation is 1. The molecule has 1 aromatic rings. The molecule has 6 nitrogen and oxygen atoms in total. The third-order valence-electron chi connectivity index (χ3n) is 4.90. The van der Waals surface area contributed by atoms with Crippen LogP contribution in [-0.4, -0.2) is 60.5 Å². The Morgan fingerprint density at radius 1 is 1.41 bits per heavy atom. The number of hydrogen-bond donors (Lipinski definition) is 2. The number of alkyl halides is 3. The van der Waals surface area contributed by atoms with Crippen LogP contribution in [0.5, 0.6) is 0 Å². The summed E-state index contributed by atoms with van der Waals surface area (Å²) in [7, 11) is 7.45. The number of rotatable bonds is 5. The van der Waals surface area contributed by atoms with Crippen molar-refractivity contribution in [3.63, 3.8) is 0 Å². The van der Waals surface area contributed by atoms with Gasteiger partial charge >= 0.3 is 6.18 Å². The molecule has 0 amide bonds. The topological polar surface area (TPSA) is 57.5 Å². The largest absolute Gasteiger partial charge is 0.391 e. The Labute approximate surface area is 176 Å². The van der Waals surface area contributed by atoms with E-state index >= 15 is 0 Å². The molecular formula is C17H30F3IN6. The van der Waals surface area contributed by atoms with Crippen molar-refractivity contribution in [2.75, 3.05) is 27.7 Å². The Kier molecular flexibility index (Phi) is 9.32. The minimum atomic E-state index is -4.12. The van der Waals surface area contributed by atoms with Crippen LogP contribution in [0, 0.1) is 5.92 Å². The average molecular weight is 502 g/mol. The molecule has 0 saturated heterocycles.